The maximum absolute atomic E-state index is 11.4. The molecule has 3 heterocycles. The average molecular weight is 796 g/mol. The molecule has 9 aliphatic rings. The van der Waals surface area contributed by atoms with E-state index in [0.29, 0.717) is 0 Å². The molecule has 3 nitrogen and oxygen atoms in total. The van der Waals surface area contributed by atoms with Gasteiger partial charge in [0, 0.05) is 51.1 Å². The van der Waals surface area contributed by atoms with E-state index >= 15 is 0 Å². The lowest BCUT2D eigenvalue weighted by Gasteiger charge is -2.44. The Morgan fingerprint density at radius 2 is 0.794 bits per heavy atom. The van der Waals surface area contributed by atoms with Crippen LogP contribution in [0.3, 0.4) is 0 Å². The summed E-state index contributed by atoms with van der Waals surface area (Å²) in [6, 6.07) is 62.5. The van der Waals surface area contributed by atoms with Crippen LogP contribution in [0, 0.1) is 11.3 Å². The van der Waals surface area contributed by atoms with Crippen LogP contribution < -0.4 is 0 Å². The molecule has 0 aliphatic heterocycles. The van der Waals surface area contributed by atoms with Crippen LogP contribution in [0.25, 0.3) is 38.1 Å². The van der Waals surface area contributed by atoms with Crippen LogP contribution in [0.4, 0.5) is 0 Å². The Labute approximate surface area is 362 Å². The minimum atomic E-state index is -0.00800. The topological polar surface area (TPSA) is 41.1 Å². The van der Waals surface area contributed by atoms with Crippen LogP contribution in [0.5, 0.6) is 0 Å². The number of fused-ring (bicyclic) bond motifs is 6. The summed E-state index contributed by atoms with van der Waals surface area (Å²) in [4.78, 5) is 5.57. The van der Waals surface area contributed by atoms with Gasteiger partial charge in [-0.25, -0.2) is 0 Å². The van der Waals surface area contributed by atoms with Gasteiger partial charge in [0.15, 0.2) is 0 Å². The van der Waals surface area contributed by atoms with Gasteiger partial charge >= 0.3 is 0 Å². The molecule has 0 N–H and O–H groups in total. The Kier molecular flexibility index (Phi) is 5.39. The van der Waals surface area contributed by atoms with Crippen LogP contribution in [-0.4, -0.2) is 9.38 Å². The molecule has 0 spiro atoms. The van der Waals surface area contributed by atoms with Crippen molar-refractivity contribution in [1.82, 2.24) is 9.38 Å². The molecular weight excluding hydrogens is 763 g/mol. The van der Waals surface area contributed by atoms with E-state index in [1.165, 1.54) is 127 Å². The lowest BCUT2D eigenvalue weighted by atomic mass is 9.58. The van der Waals surface area contributed by atoms with Gasteiger partial charge in [0.1, 0.15) is 0 Å². The number of benzene rings is 8. The van der Waals surface area contributed by atoms with Crippen molar-refractivity contribution in [3.05, 3.63) is 270 Å². The van der Waals surface area contributed by atoms with Gasteiger partial charge in [-0.3, -0.25) is 4.98 Å². The van der Waals surface area contributed by atoms with E-state index < -0.39 is 0 Å². The second-order valence-electron chi connectivity index (χ2n) is 18.9. The monoisotopic (exact) mass is 795 g/mol. The van der Waals surface area contributed by atoms with Crippen molar-refractivity contribution in [2.24, 2.45) is 0 Å². The van der Waals surface area contributed by atoms with E-state index in [1.54, 1.807) is 0 Å². The Morgan fingerprint density at radius 3 is 1.27 bits per heavy atom. The fourth-order valence-electron chi connectivity index (χ4n) is 14.8. The summed E-state index contributed by atoms with van der Waals surface area (Å²) in [7, 11) is 0. The summed E-state index contributed by atoms with van der Waals surface area (Å²) < 4.78 is 2.56. The zero-order chi connectivity index (χ0) is 40.6. The third-order valence-electron chi connectivity index (χ3n) is 16.7. The summed E-state index contributed by atoms with van der Waals surface area (Å²) in [5.74, 6) is 0.356. The largest absolute Gasteiger partial charge is 0.306 e. The van der Waals surface area contributed by atoms with Crippen LogP contribution >= 0.6 is 0 Å². The van der Waals surface area contributed by atoms with Gasteiger partial charge in [0.25, 0.3) is 0 Å². The second-order valence-corrected chi connectivity index (χ2v) is 18.9. The number of nitrogens with zero attached hydrogens (tertiary/aromatic N) is 3. The van der Waals surface area contributed by atoms with Crippen molar-refractivity contribution >= 4 is 38.1 Å². The van der Waals surface area contributed by atoms with Gasteiger partial charge in [0.05, 0.1) is 46.0 Å². The van der Waals surface area contributed by atoms with E-state index in [-0.39, 0.29) is 35.5 Å². The number of pyridine rings is 1. The molecule has 288 valence electrons. The lowest BCUT2D eigenvalue weighted by molar-refractivity contribution is 0.735. The molecule has 0 atom stereocenters. The van der Waals surface area contributed by atoms with E-state index in [4.69, 9.17) is 4.98 Å². The summed E-state index contributed by atoms with van der Waals surface area (Å²) in [6.45, 7) is 0. The number of hydrogen-bond acceptors (Lipinski definition) is 2. The van der Waals surface area contributed by atoms with Gasteiger partial charge in [0.2, 0.25) is 0 Å². The van der Waals surface area contributed by atoms with Gasteiger partial charge in [-0.1, -0.05) is 146 Å². The van der Waals surface area contributed by atoms with Crippen molar-refractivity contribution in [3.8, 4) is 6.07 Å². The Balaban J connectivity index is 1.11. The highest BCUT2D eigenvalue weighted by Crippen LogP contribution is 2.65. The number of aromatic nitrogens is 2. The lowest BCUT2D eigenvalue weighted by Crippen LogP contribution is -2.29. The van der Waals surface area contributed by atoms with Crippen LogP contribution in [-0.2, 0) is 0 Å². The molecule has 6 bridgehead atoms. The second kappa shape index (κ2) is 10.6. The molecule has 9 aliphatic carbocycles. The Hall–Kier alpha value is -7.80. The first kappa shape index (κ1) is 32.0. The third kappa shape index (κ3) is 3.37. The molecule has 8 aromatic carbocycles. The average Bonchev–Trinajstić information content (AvgIpc) is 3.88. The highest BCUT2D eigenvalue weighted by molar-refractivity contribution is 6.27. The highest BCUT2D eigenvalue weighted by atomic mass is 14.9. The maximum Gasteiger partial charge on any atom is 0.0995 e. The van der Waals surface area contributed by atoms with Gasteiger partial charge in [-0.05, 0) is 107 Å². The minimum absolute atomic E-state index is 0.00800. The van der Waals surface area contributed by atoms with E-state index in [2.05, 4.69) is 174 Å². The molecule has 0 unspecified atom stereocenters. The Morgan fingerprint density at radius 1 is 0.381 bits per heavy atom. The highest BCUT2D eigenvalue weighted by Gasteiger charge is 2.49. The third-order valence-corrected chi connectivity index (χ3v) is 16.7. The summed E-state index contributed by atoms with van der Waals surface area (Å²) in [5.41, 5.74) is 28.9. The zero-order valence-electron chi connectivity index (χ0n) is 33.9. The molecule has 0 saturated heterocycles. The Bertz CT molecular complexity index is 3900. The van der Waals surface area contributed by atoms with Gasteiger partial charge < -0.3 is 4.40 Å². The molecule has 63 heavy (non-hydrogen) atoms. The van der Waals surface area contributed by atoms with Crippen molar-refractivity contribution in [3.63, 3.8) is 0 Å². The predicted molar refractivity (Wildman–Crippen MR) is 248 cm³/mol. The molecule has 0 saturated carbocycles. The molecule has 0 radical (unpaired) electrons. The van der Waals surface area contributed by atoms with Gasteiger partial charge in [-0.2, -0.15) is 5.26 Å². The molecule has 3 heteroatoms. The normalized spacial score (nSPS) is 21.6. The van der Waals surface area contributed by atoms with Crippen molar-refractivity contribution < 1.29 is 0 Å². The van der Waals surface area contributed by atoms with E-state index in [9.17, 15) is 5.26 Å². The summed E-state index contributed by atoms with van der Waals surface area (Å²) >= 11 is 0. The standard InChI is InChI=1S/C60H33N3/c61-27-29-25-44-55(56-46(29)48-34-17-5-7-19-36(34)50(56)37-20-8-6-18-35(37)48)58-54-42(47-30-13-1-3-15-32(30)49(54)33-16-4-2-14-31(33)47)26-43-53-45(63(44)60(43)58)28-62-59-52-40-23-11-9-21-38(40)51(57(53)59)39-22-10-12-24-41(39)52/h1-26,28,47-52H. The summed E-state index contributed by atoms with van der Waals surface area (Å²) in [5, 5.41) is 16.7. The summed E-state index contributed by atoms with van der Waals surface area (Å²) in [6.07, 6.45) is 2.19. The molecule has 0 amide bonds. The molecule has 0 fully saturated rings. The molecular formula is C60H33N3. The van der Waals surface area contributed by atoms with Crippen LogP contribution in [0.1, 0.15) is 141 Å². The smallest absolute Gasteiger partial charge is 0.0995 e. The minimum Gasteiger partial charge on any atom is -0.306 e. The van der Waals surface area contributed by atoms with Crippen LogP contribution in [0.15, 0.2) is 164 Å². The van der Waals surface area contributed by atoms with Crippen molar-refractivity contribution in [1.29, 1.82) is 5.26 Å². The number of hydrogen-bond donors (Lipinski definition) is 0. The quantitative estimate of drug-likeness (QED) is 0.153. The van der Waals surface area contributed by atoms with Crippen molar-refractivity contribution in [2.75, 3.05) is 0 Å². The first-order valence-electron chi connectivity index (χ1n) is 22.5. The van der Waals surface area contributed by atoms with Crippen LogP contribution in [0.2, 0.25) is 0 Å². The zero-order valence-corrected chi connectivity index (χ0v) is 33.9. The maximum atomic E-state index is 11.4. The number of nitriles is 1. The van der Waals surface area contributed by atoms with E-state index in [0.717, 1.165) is 16.6 Å². The van der Waals surface area contributed by atoms with Crippen molar-refractivity contribution in [2.45, 2.75) is 35.5 Å². The fourth-order valence-corrected chi connectivity index (χ4v) is 14.8. The van der Waals surface area contributed by atoms with E-state index in [1.807, 2.05) is 0 Å². The first-order valence-corrected chi connectivity index (χ1v) is 22.5. The molecule has 3 aromatic heterocycles. The number of rotatable bonds is 0. The SMILES string of the molecule is N#Cc1cc2c(c3c1C1c4ccccc4C3c3ccccc31)c1c3c(cc4c5c6c(ncc5n2c41)C1c2ccccc2C6c2ccccc21)C1c2ccccc2C3c2ccccc21. The van der Waals surface area contributed by atoms with Gasteiger partial charge in [-0.15, -0.1) is 0 Å². The predicted octanol–water partition coefficient (Wildman–Crippen LogP) is 13.1. The first-order chi connectivity index (χ1) is 31.3. The molecule has 20 rings (SSSR count). The fraction of sp³-hybridized carbons (Fsp3) is 0.100. The molecule has 11 aromatic rings.